The van der Waals surface area contributed by atoms with E-state index in [2.05, 4.69) is 12.2 Å². The zero-order valence-corrected chi connectivity index (χ0v) is 10.5. The first-order chi connectivity index (χ1) is 7.23. The Morgan fingerprint density at radius 1 is 1.62 bits per heavy atom. The van der Waals surface area contributed by atoms with Gasteiger partial charge in [0.1, 0.15) is 0 Å². The van der Waals surface area contributed by atoms with Crippen molar-refractivity contribution < 1.29 is 9.90 Å². The van der Waals surface area contributed by atoms with Crippen LogP contribution in [-0.2, 0) is 4.79 Å². The van der Waals surface area contributed by atoms with E-state index in [0.717, 1.165) is 25.7 Å². The first kappa shape index (κ1) is 13.5. The third kappa shape index (κ3) is 3.76. The summed E-state index contributed by atoms with van der Waals surface area (Å²) in [5, 5.41) is 12.3. The molecular formula is C12H24N2O2. The molecule has 4 N–H and O–H groups in total. The minimum atomic E-state index is -0.883. The molecule has 0 aromatic rings. The van der Waals surface area contributed by atoms with Crippen LogP contribution in [0.15, 0.2) is 0 Å². The Bertz CT molecular complexity index is 260. The Hall–Kier alpha value is -0.610. The molecule has 4 nitrogen and oxygen atoms in total. The molecule has 16 heavy (non-hydrogen) atoms. The number of carbonyl (C=O) groups is 1. The van der Waals surface area contributed by atoms with Crippen molar-refractivity contribution in [3.8, 4) is 0 Å². The molecule has 94 valence electrons. The van der Waals surface area contributed by atoms with Crippen LogP contribution in [0.2, 0.25) is 0 Å². The van der Waals surface area contributed by atoms with Crippen LogP contribution in [0.25, 0.3) is 0 Å². The van der Waals surface area contributed by atoms with Crippen LogP contribution in [0.5, 0.6) is 0 Å². The number of amides is 1. The van der Waals surface area contributed by atoms with Crippen LogP contribution in [0, 0.1) is 5.92 Å². The maximum Gasteiger partial charge on any atom is 0.240 e. The average molecular weight is 228 g/mol. The van der Waals surface area contributed by atoms with Crippen LogP contribution in [0.4, 0.5) is 0 Å². The summed E-state index contributed by atoms with van der Waals surface area (Å²) in [6, 6.07) is 0. The highest BCUT2D eigenvalue weighted by atomic mass is 16.3. The summed E-state index contributed by atoms with van der Waals surface area (Å²) in [7, 11) is 0. The minimum absolute atomic E-state index is 0.124. The van der Waals surface area contributed by atoms with Gasteiger partial charge in [0.05, 0.1) is 11.1 Å². The van der Waals surface area contributed by atoms with Crippen LogP contribution in [0.3, 0.4) is 0 Å². The van der Waals surface area contributed by atoms with Crippen molar-refractivity contribution in [3.05, 3.63) is 0 Å². The van der Waals surface area contributed by atoms with Crippen molar-refractivity contribution in [2.45, 2.75) is 57.6 Å². The summed E-state index contributed by atoms with van der Waals surface area (Å²) in [6.45, 7) is 5.71. The lowest BCUT2D eigenvalue weighted by Crippen LogP contribution is -2.57. The number of rotatable bonds is 3. The topological polar surface area (TPSA) is 75.4 Å². The van der Waals surface area contributed by atoms with Crippen LogP contribution in [-0.4, -0.2) is 28.7 Å². The van der Waals surface area contributed by atoms with E-state index in [1.807, 2.05) is 0 Å². The van der Waals surface area contributed by atoms with Gasteiger partial charge < -0.3 is 16.2 Å². The molecular weight excluding hydrogens is 204 g/mol. The lowest BCUT2D eigenvalue weighted by Gasteiger charge is -2.35. The standard InChI is InChI=1S/C12H24N2O2/c1-9-5-4-6-12(13,7-9)10(15)14-8-11(2,3)16/h9,16H,4-8,13H2,1-3H3,(H,14,15). The molecule has 0 radical (unpaired) electrons. The molecule has 0 aliphatic heterocycles. The summed E-state index contributed by atoms with van der Waals surface area (Å²) in [6.07, 6.45) is 3.64. The maximum atomic E-state index is 12.0. The number of aliphatic hydroxyl groups is 1. The molecule has 0 bridgehead atoms. The Morgan fingerprint density at radius 3 is 2.75 bits per heavy atom. The Morgan fingerprint density at radius 2 is 2.25 bits per heavy atom. The zero-order chi connectivity index (χ0) is 12.4. The third-order valence-corrected chi connectivity index (χ3v) is 3.17. The van der Waals surface area contributed by atoms with E-state index in [1.54, 1.807) is 13.8 Å². The van der Waals surface area contributed by atoms with Crippen molar-refractivity contribution in [2.24, 2.45) is 11.7 Å². The molecule has 1 amide bonds. The van der Waals surface area contributed by atoms with Gasteiger partial charge in [0.25, 0.3) is 0 Å². The number of hydrogen-bond donors (Lipinski definition) is 3. The van der Waals surface area contributed by atoms with Gasteiger partial charge >= 0.3 is 0 Å². The molecule has 0 saturated heterocycles. The highest BCUT2D eigenvalue weighted by molar-refractivity contribution is 5.86. The fourth-order valence-corrected chi connectivity index (χ4v) is 2.27. The van der Waals surface area contributed by atoms with E-state index < -0.39 is 11.1 Å². The van der Waals surface area contributed by atoms with E-state index in [4.69, 9.17) is 5.73 Å². The summed E-state index contributed by atoms with van der Waals surface area (Å²) < 4.78 is 0. The van der Waals surface area contributed by atoms with Gasteiger partial charge in [-0.25, -0.2) is 0 Å². The number of hydrogen-bond acceptors (Lipinski definition) is 3. The summed E-state index contributed by atoms with van der Waals surface area (Å²) in [4.78, 5) is 12.0. The van der Waals surface area contributed by atoms with Crippen molar-refractivity contribution >= 4 is 5.91 Å². The molecule has 2 unspecified atom stereocenters. The molecule has 0 aromatic carbocycles. The Kier molecular flexibility index (Phi) is 3.97. The molecule has 0 spiro atoms. The quantitative estimate of drug-likeness (QED) is 0.668. The largest absolute Gasteiger partial charge is 0.389 e. The van der Waals surface area contributed by atoms with Gasteiger partial charge in [-0.1, -0.05) is 19.8 Å². The third-order valence-electron chi connectivity index (χ3n) is 3.17. The fourth-order valence-electron chi connectivity index (χ4n) is 2.27. The summed E-state index contributed by atoms with van der Waals surface area (Å²) in [5.74, 6) is 0.382. The summed E-state index contributed by atoms with van der Waals surface area (Å²) in [5.41, 5.74) is 4.51. The van der Waals surface area contributed by atoms with Crippen LogP contribution < -0.4 is 11.1 Å². The number of nitrogens with one attached hydrogen (secondary N) is 1. The molecule has 2 atom stereocenters. The zero-order valence-electron chi connectivity index (χ0n) is 10.5. The van der Waals surface area contributed by atoms with E-state index in [0.29, 0.717) is 5.92 Å². The highest BCUT2D eigenvalue weighted by Gasteiger charge is 2.38. The van der Waals surface area contributed by atoms with Gasteiger partial charge in [-0.15, -0.1) is 0 Å². The van der Waals surface area contributed by atoms with Crippen LogP contribution in [0.1, 0.15) is 46.5 Å². The molecule has 0 heterocycles. The number of carbonyl (C=O) groups excluding carboxylic acids is 1. The second-order valence-electron chi connectivity index (χ2n) is 5.85. The maximum absolute atomic E-state index is 12.0. The monoisotopic (exact) mass is 228 g/mol. The van der Waals surface area contributed by atoms with Crippen molar-refractivity contribution in [3.63, 3.8) is 0 Å². The van der Waals surface area contributed by atoms with Gasteiger partial charge in [-0.2, -0.15) is 0 Å². The fraction of sp³-hybridized carbons (Fsp3) is 0.917. The molecule has 4 heteroatoms. The van der Waals surface area contributed by atoms with Crippen molar-refractivity contribution in [1.82, 2.24) is 5.32 Å². The first-order valence-corrected chi connectivity index (χ1v) is 6.02. The van der Waals surface area contributed by atoms with Gasteiger partial charge in [0.15, 0.2) is 0 Å². The van der Waals surface area contributed by atoms with Gasteiger partial charge in [-0.05, 0) is 32.6 Å². The highest BCUT2D eigenvalue weighted by Crippen LogP contribution is 2.30. The van der Waals surface area contributed by atoms with Gasteiger partial charge in [-0.3, -0.25) is 4.79 Å². The predicted octanol–water partition coefficient (Wildman–Crippen LogP) is 0.781. The molecule has 1 fully saturated rings. The first-order valence-electron chi connectivity index (χ1n) is 6.02. The molecule has 0 aromatic heterocycles. The lowest BCUT2D eigenvalue weighted by atomic mass is 9.76. The molecule has 1 rings (SSSR count). The molecule has 1 aliphatic rings. The second kappa shape index (κ2) is 4.72. The average Bonchev–Trinajstić information content (AvgIpc) is 2.12. The van der Waals surface area contributed by atoms with Gasteiger partial charge in [0, 0.05) is 6.54 Å². The Labute approximate surface area is 97.6 Å². The Balaban J connectivity index is 2.52. The molecule has 1 saturated carbocycles. The lowest BCUT2D eigenvalue weighted by molar-refractivity contribution is -0.129. The number of nitrogens with two attached hydrogens (primary N) is 1. The SMILES string of the molecule is CC1CCCC(N)(C(=O)NCC(C)(C)O)C1. The van der Waals surface area contributed by atoms with Crippen molar-refractivity contribution in [1.29, 1.82) is 0 Å². The predicted molar refractivity (Wildman–Crippen MR) is 63.9 cm³/mol. The van der Waals surface area contributed by atoms with Gasteiger partial charge in [0.2, 0.25) is 5.91 Å². The van der Waals surface area contributed by atoms with E-state index in [1.165, 1.54) is 0 Å². The van der Waals surface area contributed by atoms with Crippen molar-refractivity contribution in [2.75, 3.05) is 6.54 Å². The normalized spacial score (nSPS) is 31.2. The summed E-state index contributed by atoms with van der Waals surface area (Å²) >= 11 is 0. The van der Waals surface area contributed by atoms with E-state index in [-0.39, 0.29) is 12.5 Å². The smallest absolute Gasteiger partial charge is 0.240 e. The second-order valence-corrected chi connectivity index (χ2v) is 5.85. The van der Waals surface area contributed by atoms with Crippen LogP contribution >= 0.6 is 0 Å². The molecule has 1 aliphatic carbocycles. The van der Waals surface area contributed by atoms with E-state index >= 15 is 0 Å². The van der Waals surface area contributed by atoms with E-state index in [9.17, 15) is 9.90 Å². The minimum Gasteiger partial charge on any atom is -0.389 e.